The summed E-state index contributed by atoms with van der Waals surface area (Å²) in [6, 6.07) is 6.61. The van der Waals surface area contributed by atoms with E-state index in [1.165, 1.54) is 18.3 Å². The molecule has 0 saturated heterocycles. The minimum absolute atomic E-state index is 0.00104. The molecule has 0 fully saturated rings. The molecule has 1 N–H and O–H groups in total. The summed E-state index contributed by atoms with van der Waals surface area (Å²) in [6.07, 6.45) is 1.18. The molecule has 0 spiro atoms. The van der Waals surface area contributed by atoms with Crippen molar-refractivity contribution in [1.82, 2.24) is 5.43 Å². The van der Waals surface area contributed by atoms with Gasteiger partial charge in [-0.2, -0.15) is 5.10 Å². The summed E-state index contributed by atoms with van der Waals surface area (Å²) in [6.45, 7) is 5.55. The first kappa shape index (κ1) is 19.2. The van der Waals surface area contributed by atoms with E-state index in [9.17, 15) is 14.9 Å². The van der Waals surface area contributed by atoms with Crippen LogP contribution in [-0.2, 0) is 4.79 Å². The van der Waals surface area contributed by atoms with Crippen molar-refractivity contribution in [2.45, 2.75) is 20.8 Å². The van der Waals surface area contributed by atoms with Crippen molar-refractivity contribution in [1.29, 1.82) is 0 Å². The zero-order valence-electron chi connectivity index (χ0n) is 15.6. The Morgan fingerprint density at radius 3 is 2.64 bits per heavy atom. The van der Waals surface area contributed by atoms with Gasteiger partial charge in [-0.25, -0.2) is 5.43 Å². The fourth-order valence-corrected chi connectivity index (χ4v) is 2.70. The SMILES string of the molecule is Cc1ccc(C)c(OCC(=O)NN=Cc2cc3c(cc2[N+](=O)[O-])OCO3)c1C. The molecule has 0 aliphatic carbocycles. The topological polar surface area (TPSA) is 112 Å². The standard InChI is InChI=1S/C19H19N3O6/c1-11-4-5-12(2)19(13(11)3)26-9-18(23)21-20-8-14-6-16-17(28-10-27-16)7-15(14)22(24)25/h4-8H,9-10H2,1-3H3,(H,21,23). The van der Waals surface area contributed by atoms with Crippen LogP contribution in [0.3, 0.4) is 0 Å². The van der Waals surface area contributed by atoms with Crippen LogP contribution in [0.5, 0.6) is 17.2 Å². The van der Waals surface area contributed by atoms with Gasteiger partial charge in [0.05, 0.1) is 22.8 Å². The zero-order valence-corrected chi connectivity index (χ0v) is 15.6. The van der Waals surface area contributed by atoms with Crippen LogP contribution in [0, 0.1) is 30.9 Å². The van der Waals surface area contributed by atoms with Crippen LogP contribution in [0.2, 0.25) is 0 Å². The third-order valence-corrected chi connectivity index (χ3v) is 4.33. The van der Waals surface area contributed by atoms with Crippen molar-refractivity contribution in [3.05, 3.63) is 56.6 Å². The van der Waals surface area contributed by atoms with Crippen LogP contribution in [0.15, 0.2) is 29.4 Å². The van der Waals surface area contributed by atoms with Crippen LogP contribution in [0.25, 0.3) is 0 Å². The van der Waals surface area contributed by atoms with Gasteiger partial charge >= 0.3 is 0 Å². The van der Waals surface area contributed by atoms with Crippen molar-refractivity contribution in [2.75, 3.05) is 13.4 Å². The zero-order chi connectivity index (χ0) is 20.3. The monoisotopic (exact) mass is 385 g/mol. The molecular formula is C19H19N3O6. The summed E-state index contributed by atoms with van der Waals surface area (Å²) in [5.74, 6) is 0.850. The summed E-state index contributed by atoms with van der Waals surface area (Å²) in [7, 11) is 0. The molecule has 0 atom stereocenters. The second-order valence-electron chi connectivity index (χ2n) is 6.26. The van der Waals surface area contributed by atoms with E-state index in [0.717, 1.165) is 16.7 Å². The molecule has 1 aliphatic rings. The van der Waals surface area contributed by atoms with Crippen LogP contribution < -0.4 is 19.6 Å². The summed E-state index contributed by atoms with van der Waals surface area (Å²) < 4.78 is 15.9. The molecule has 1 aliphatic heterocycles. The van der Waals surface area contributed by atoms with Crippen LogP contribution >= 0.6 is 0 Å². The number of fused-ring (bicyclic) bond motifs is 1. The van der Waals surface area contributed by atoms with Crippen LogP contribution in [-0.4, -0.2) is 30.4 Å². The fourth-order valence-electron chi connectivity index (χ4n) is 2.70. The van der Waals surface area contributed by atoms with Gasteiger partial charge < -0.3 is 14.2 Å². The Hall–Kier alpha value is -3.62. The van der Waals surface area contributed by atoms with E-state index in [0.29, 0.717) is 17.2 Å². The maximum absolute atomic E-state index is 12.0. The molecule has 0 unspecified atom stereocenters. The van der Waals surface area contributed by atoms with E-state index in [4.69, 9.17) is 14.2 Å². The lowest BCUT2D eigenvalue weighted by Crippen LogP contribution is -2.25. The normalized spacial score (nSPS) is 12.2. The number of amides is 1. The van der Waals surface area contributed by atoms with Crippen molar-refractivity contribution in [3.8, 4) is 17.2 Å². The predicted molar refractivity (Wildman–Crippen MR) is 101 cm³/mol. The van der Waals surface area contributed by atoms with Crippen molar-refractivity contribution in [2.24, 2.45) is 5.10 Å². The molecule has 0 aromatic heterocycles. The van der Waals surface area contributed by atoms with Gasteiger partial charge in [0.25, 0.3) is 11.6 Å². The molecule has 2 aromatic carbocycles. The molecule has 3 rings (SSSR count). The molecule has 146 valence electrons. The molecule has 0 saturated carbocycles. The minimum Gasteiger partial charge on any atom is -0.483 e. The highest BCUT2D eigenvalue weighted by atomic mass is 16.7. The summed E-state index contributed by atoms with van der Waals surface area (Å²) in [5, 5.41) is 15.0. The lowest BCUT2D eigenvalue weighted by Gasteiger charge is -2.13. The van der Waals surface area contributed by atoms with Gasteiger partial charge in [-0.15, -0.1) is 0 Å². The summed E-state index contributed by atoms with van der Waals surface area (Å²) in [5.41, 5.74) is 5.23. The highest BCUT2D eigenvalue weighted by Crippen LogP contribution is 2.37. The average molecular weight is 385 g/mol. The third-order valence-electron chi connectivity index (χ3n) is 4.33. The average Bonchev–Trinajstić information content (AvgIpc) is 3.11. The lowest BCUT2D eigenvalue weighted by atomic mass is 10.1. The molecular weight excluding hydrogens is 366 g/mol. The maximum Gasteiger partial charge on any atom is 0.282 e. The van der Waals surface area contributed by atoms with Gasteiger partial charge in [0.15, 0.2) is 18.1 Å². The van der Waals surface area contributed by atoms with Crippen molar-refractivity contribution < 1.29 is 23.9 Å². The van der Waals surface area contributed by atoms with Crippen molar-refractivity contribution in [3.63, 3.8) is 0 Å². The molecule has 2 aromatic rings. The Labute approximate surface area is 161 Å². The Kier molecular flexibility index (Phi) is 5.44. The van der Waals surface area contributed by atoms with Crippen LogP contribution in [0.4, 0.5) is 5.69 Å². The van der Waals surface area contributed by atoms with E-state index in [1.54, 1.807) is 0 Å². The number of carbonyl (C=O) groups excluding carboxylic acids is 1. The number of benzene rings is 2. The number of hydrazone groups is 1. The number of nitrogens with one attached hydrogen (secondary N) is 1. The van der Waals surface area contributed by atoms with Gasteiger partial charge in [-0.05, 0) is 43.5 Å². The molecule has 28 heavy (non-hydrogen) atoms. The molecule has 9 heteroatoms. The number of aryl methyl sites for hydroxylation is 2. The van der Waals surface area contributed by atoms with E-state index >= 15 is 0 Å². The number of hydrogen-bond donors (Lipinski definition) is 1. The first-order valence-electron chi connectivity index (χ1n) is 8.46. The van der Waals surface area contributed by atoms with Gasteiger partial charge in [0.1, 0.15) is 5.75 Å². The first-order valence-corrected chi connectivity index (χ1v) is 8.46. The predicted octanol–water partition coefficient (Wildman–Crippen LogP) is 2.78. The summed E-state index contributed by atoms with van der Waals surface area (Å²) in [4.78, 5) is 22.6. The lowest BCUT2D eigenvalue weighted by molar-refractivity contribution is -0.385. The Balaban J connectivity index is 1.65. The number of rotatable bonds is 6. The molecule has 1 heterocycles. The molecule has 0 radical (unpaired) electrons. The Morgan fingerprint density at radius 1 is 1.25 bits per heavy atom. The van der Waals surface area contributed by atoms with Crippen molar-refractivity contribution >= 4 is 17.8 Å². The number of carbonyl (C=O) groups is 1. The highest BCUT2D eigenvalue weighted by molar-refractivity contribution is 5.88. The second-order valence-corrected chi connectivity index (χ2v) is 6.26. The van der Waals surface area contributed by atoms with E-state index in [1.807, 2.05) is 32.9 Å². The first-order chi connectivity index (χ1) is 13.4. The number of nitro groups is 1. The quantitative estimate of drug-likeness (QED) is 0.465. The molecule has 9 nitrogen and oxygen atoms in total. The number of nitro benzene ring substituents is 1. The maximum atomic E-state index is 12.0. The molecule has 1 amide bonds. The van der Waals surface area contributed by atoms with E-state index in [2.05, 4.69) is 10.5 Å². The third kappa shape index (κ3) is 4.03. The van der Waals surface area contributed by atoms with Gasteiger partial charge in [0.2, 0.25) is 6.79 Å². The van der Waals surface area contributed by atoms with Gasteiger partial charge in [0, 0.05) is 0 Å². The number of hydrogen-bond acceptors (Lipinski definition) is 7. The van der Waals surface area contributed by atoms with Crippen LogP contribution in [0.1, 0.15) is 22.3 Å². The number of nitrogens with zero attached hydrogens (tertiary/aromatic N) is 2. The van der Waals surface area contributed by atoms with E-state index in [-0.39, 0.29) is 24.7 Å². The Morgan fingerprint density at radius 2 is 1.93 bits per heavy atom. The minimum atomic E-state index is -0.558. The molecule has 0 bridgehead atoms. The fraction of sp³-hybridized carbons (Fsp3) is 0.263. The summed E-state index contributed by atoms with van der Waals surface area (Å²) >= 11 is 0. The van der Waals surface area contributed by atoms with E-state index < -0.39 is 10.8 Å². The second kappa shape index (κ2) is 7.95. The van der Waals surface area contributed by atoms with Gasteiger partial charge in [-0.1, -0.05) is 12.1 Å². The number of ether oxygens (including phenoxy) is 3. The smallest absolute Gasteiger partial charge is 0.282 e. The highest BCUT2D eigenvalue weighted by Gasteiger charge is 2.22. The largest absolute Gasteiger partial charge is 0.483 e. The van der Waals surface area contributed by atoms with Gasteiger partial charge in [-0.3, -0.25) is 14.9 Å². The Bertz CT molecular complexity index is 971.